The number of rotatable bonds is 34. The first-order chi connectivity index (χ1) is 32.3. The number of unbranched alkanes of at least 4 members (excludes halogenated alkanes) is 1. The summed E-state index contributed by atoms with van der Waals surface area (Å²) in [5.41, 5.74) is 16.6. The lowest BCUT2D eigenvalue weighted by atomic mass is 10.0. The van der Waals surface area contributed by atoms with E-state index in [1.807, 2.05) is 0 Å². The fraction of sp³-hybridized carbons (Fsp3) is 0.732. The molecule has 0 aromatic carbocycles. The van der Waals surface area contributed by atoms with Crippen molar-refractivity contribution in [2.75, 3.05) is 37.0 Å². The second-order valence-corrected chi connectivity index (χ2v) is 18.3. The fourth-order valence-electron chi connectivity index (χ4n) is 6.14. The Labute approximate surface area is 418 Å². The van der Waals surface area contributed by atoms with Crippen molar-refractivity contribution in [3.05, 3.63) is 0 Å². The molecule has 69 heavy (non-hydrogen) atoms. The average molecular weight is 1040 g/mol. The fourth-order valence-corrected chi connectivity index (χ4v) is 6.81. The Morgan fingerprint density at radius 1 is 0.522 bits per heavy atom. The highest BCUT2D eigenvalue weighted by Gasteiger charge is 2.35. The SMILES string of the molecule is CC(C)C[C@H](NC(=O)[C@H](CCC(N)=O)NC(=O)CNC(=O)[C@H](CCCCN)NC(=O)[C@H](CO)NC(=O)[C@@H](NC(=O)[C@H](CS)NC(=O)[C@@H](NC(=O)[C@@H](N)CS)C(C)C)C(C)C)C(=O)N[C@@H](CS)C(=O)O. The van der Waals surface area contributed by atoms with Crippen molar-refractivity contribution in [1.29, 1.82) is 0 Å². The first kappa shape index (κ1) is 64.1. The molecule has 0 aliphatic heterocycles. The van der Waals surface area contributed by atoms with Crippen molar-refractivity contribution in [3.8, 4) is 0 Å². The van der Waals surface area contributed by atoms with Crippen LogP contribution in [0.1, 0.15) is 80.1 Å². The standard InChI is InChI=1S/C41H74N12O13S3/c1-19(2)13-25(36(60)51-28(18-69)41(65)66)48-35(59)24(10-11-29(44)55)46-30(56)14-45-34(58)23(9-7-8-12-42)47-37(61)26(15-54)49-39(63)32(21(5)6)53-38(62)27(17-68)50-40(64)31(20(3)4)52-33(57)22(43)16-67/h19-28,31-32,54,67-69H,7-18,42-43H2,1-6H3,(H2,44,55)(H,45,58)(H,46,56)(H,47,61)(H,48,59)(H,49,63)(H,50,64)(H,51,60)(H,52,57)(H,53,62)(H,65,66)/t22-,23-,24-,25-,26-,27-,28-,31-,32-/m0/s1. The van der Waals surface area contributed by atoms with Gasteiger partial charge in [-0.1, -0.05) is 41.5 Å². The number of thiol groups is 3. The number of aliphatic carboxylic acids is 1. The zero-order chi connectivity index (χ0) is 53.1. The molecule has 0 heterocycles. The number of hydrogen-bond acceptors (Lipinski definition) is 17. The van der Waals surface area contributed by atoms with Gasteiger partial charge in [-0.2, -0.15) is 37.9 Å². The van der Waals surface area contributed by atoms with Crippen LogP contribution >= 0.6 is 37.9 Å². The maximum Gasteiger partial charge on any atom is 0.327 e. The second kappa shape index (κ2) is 33.6. The average Bonchev–Trinajstić information content (AvgIpc) is 3.28. The number of primary amides is 1. The number of carboxylic acids is 1. The predicted molar refractivity (Wildman–Crippen MR) is 263 cm³/mol. The van der Waals surface area contributed by atoms with E-state index in [2.05, 4.69) is 85.7 Å². The molecule has 0 saturated heterocycles. The van der Waals surface area contributed by atoms with E-state index in [0.29, 0.717) is 12.8 Å². The molecule has 9 atom stereocenters. The summed E-state index contributed by atoms with van der Waals surface area (Å²) in [7, 11) is 0. The number of nitrogens with two attached hydrogens (primary N) is 3. The van der Waals surface area contributed by atoms with Crippen LogP contribution in [0.3, 0.4) is 0 Å². The summed E-state index contributed by atoms with van der Waals surface area (Å²) in [5.74, 6) is -11.6. The largest absolute Gasteiger partial charge is 0.480 e. The van der Waals surface area contributed by atoms with Crippen LogP contribution in [0, 0.1) is 17.8 Å². The highest BCUT2D eigenvalue weighted by atomic mass is 32.1. The summed E-state index contributed by atoms with van der Waals surface area (Å²) < 4.78 is 0. The van der Waals surface area contributed by atoms with Gasteiger partial charge in [0.2, 0.25) is 59.1 Å². The number of nitrogens with one attached hydrogen (secondary N) is 9. The smallest absolute Gasteiger partial charge is 0.327 e. The zero-order valence-corrected chi connectivity index (χ0v) is 42.6. The molecule has 28 heteroatoms. The molecule has 0 aromatic rings. The van der Waals surface area contributed by atoms with Crippen molar-refractivity contribution < 1.29 is 63.0 Å². The summed E-state index contributed by atoms with van der Waals surface area (Å²) in [4.78, 5) is 142. The van der Waals surface area contributed by atoms with Gasteiger partial charge in [0.25, 0.3) is 0 Å². The van der Waals surface area contributed by atoms with Crippen LogP contribution in [-0.4, -0.2) is 167 Å². The van der Waals surface area contributed by atoms with Crippen LogP contribution in [0.15, 0.2) is 0 Å². The van der Waals surface area contributed by atoms with E-state index >= 15 is 0 Å². The highest BCUT2D eigenvalue weighted by molar-refractivity contribution is 7.80. The minimum absolute atomic E-state index is 0.0147. The highest BCUT2D eigenvalue weighted by Crippen LogP contribution is 2.10. The number of amides is 10. The molecule has 17 N–H and O–H groups in total. The van der Waals surface area contributed by atoms with Gasteiger partial charge < -0.3 is 75.3 Å². The van der Waals surface area contributed by atoms with Gasteiger partial charge in [-0.05, 0) is 56.4 Å². The van der Waals surface area contributed by atoms with E-state index in [1.165, 1.54) is 0 Å². The van der Waals surface area contributed by atoms with E-state index in [1.54, 1.807) is 41.5 Å². The molecule has 0 aliphatic rings. The number of aliphatic hydroxyl groups is 1. The van der Waals surface area contributed by atoms with Crippen molar-refractivity contribution >= 4 is 103 Å². The molecule has 0 spiro atoms. The minimum atomic E-state index is -1.66. The van der Waals surface area contributed by atoms with Crippen molar-refractivity contribution in [3.63, 3.8) is 0 Å². The summed E-state index contributed by atoms with van der Waals surface area (Å²) in [6.07, 6.45) is 0.0576. The van der Waals surface area contributed by atoms with Gasteiger partial charge in [-0.25, -0.2) is 4.79 Å². The van der Waals surface area contributed by atoms with Gasteiger partial charge in [-0.3, -0.25) is 47.9 Å². The molecule has 0 aromatic heterocycles. The molecule has 0 radical (unpaired) electrons. The molecule has 0 rings (SSSR count). The Morgan fingerprint density at radius 2 is 0.971 bits per heavy atom. The van der Waals surface area contributed by atoms with Crippen LogP contribution in [0.25, 0.3) is 0 Å². The Kier molecular flexibility index (Phi) is 31.2. The van der Waals surface area contributed by atoms with Gasteiger partial charge in [0.15, 0.2) is 0 Å². The minimum Gasteiger partial charge on any atom is -0.480 e. The Balaban J connectivity index is 6.05. The number of hydrogen-bond donors (Lipinski definition) is 17. The molecule has 0 bridgehead atoms. The molecule has 0 saturated carbocycles. The van der Waals surface area contributed by atoms with Crippen molar-refractivity contribution in [2.45, 2.75) is 134 Å². The third-order valence-corrected chi connectivity index (χ3v) is 11.3. The number of carbonyl (C=O) groups is 11. The van der Waals surface area contributed by atoms with Crippen molar-refractivity contribution in [1.82, 2.24) is 47.9 Å². The quantitative estimate of drug-likeness (QED) is 0.0212. The third kappa shape index (κ3) is 24.5. The van der Waals surface area contributed by atoms with Gasteiger partial charge in [0.05, 0.1) is 19.2 Å². The zero-order valence-electron chi connectivity index (χ0n) is 39.9. The van der Waals surface area contributed by atoms with Crippen LogP contribution in [0.5, 0.6) is 0 Å². The maximum atomic E-state index is 13.6. The monoisotopic (exact) mass is 1040 g/mol. The number of carbonyl (C=O) groups excluding carboxylic acids is 10. The second-order valence-electron chi connectivity index (χ2n) is 17.2. The van der Waals surface area contributed by atoms with Gasteiger partial charge in [0, 0.05) is 23.7 Å². The molecule has 10 amide bonds. The summed E-state index contributed by atoms with van der Waals surface area (Å²) >= 11 is 12.1. The first-order valence-electron chi connectivity index (χ1n) is 22.4. The molecule has 394 valence electrons. The predicted octanol–water partition coefficient (Wildman–Crippen LogP) is -5.07. The van der Waals surface area contributed by atoms with Crippen LogP contribution in [-0.2, 0) is 52.7 Å². The summed E-state index contributed by atoms with van der Waals surface area (Å²) in [6, 6.07) is -11.8. The lowest BCUT2D eigenvalue weighted by molar-refractivity contribution is -0.141. The Bertz CT molecular complexity index is 1760. The topological polar surface area (TPSA) is 415 Å². The lowest BCUT2D eigenvalue weighted by Gasteiger charge is -2.28. The molecule has 0 unspecified atom stereocenters. The molecule has 0 aliphatic carbocycles. The summed E-state index contributed by atoms with van der Waals surface area (Å²) in [5, 5.41) is 41.4. The first-order valence-corrected chi connectivity index (χ1v) is 24.3. The number of carboxylic acid groups (broad SMARTS) is 1. The van der Waals surface area contributed by atoms with Gasteiger partial charge >= 0.3 is 5.97 Å². The molecule has 25 nitrogen and oxygen atoms in total. The van der Waals surface area contributed by atoms with Crippen LogP contribution in [0.4, 0.5) is 0 Å². The number of aliphatic hydroxyl groups excluding tert-OH is 1. The van der Waals surface area contributed by atoms with E-state index in [0.717, 1.165) is 0 Å². The van der Waals surface area contributed by atoms with Gasteiger partial charge in [-0.15, -0.1) is 0 Å². The normalized spacial score (nSPS) is 15.1. The Hall–Kier alpha value is -4.90. The maximum absolute atomic E-state index is 13.6. The Morgan fingerprint density at radius 3 is 1.43 bits per heavy atom. The third-order valence-electron chi connectivity index (χ3n) is 10.1. The molecular weight excluding hydrogens is 965 g/mol. The van der Waals surface area contributed by atoms with E-state index < -0.39 is 144 Å². The molecular formula is C41H74N12O13S3. The van der Waals surface area contributed by atoms with Gasteiger partial charge in [0.1, 0.15) is 48.3 Å². The van der Waals surface area contributed by atoms with Crippen LogP contribution in [0.2, 0.25) is 0 Å². The van der Waals surface area contributed by atoms with E-state index in [9.17, 15) is 63.0 Å². The van der Waals surface area contributed by atoms with Crippen molar-refractivity contribution in [2.24, 2.45) is 35.0 Å². The van der Waals surface area contributed by atoms with E-state index in [4.69, 9.17) is 17.2 Å². The van der Waals surface area contributed by atoms with Crippen LogP contribution < -0.4 is 65.1 Å². The molecule has 0 fully saturated rings. The van der Waals surface area contributed by atoms with E-state index in [-0.39, 0.29) is 55.4 Å². The lowest BCUT2D eigenvalue weighted by Crippen LogP contribution is -2.61. The summed E-state index contributed by atoms with van der Waals surface area (Å²) in [6.45, 7) is 8.47.